The van der Waals surface area contributed by atoms with Crippen molar-refractivity contribution in [3.8, 4) is 11.1 Å². The molecular weight excluding hydrogens is 198 g/mol. The Kier molecular flexibility index (Phi) is 2.79. The SMILES string of the molecule is Cc1ccccc1-c1cnn(C)c1C(C)N. The first-order valence-corrected chi connectivity index (χ1v) is 5.44. The van der Waals surface area contributed by atoms with Crippen LogP contribution in [0.25, 0.3) is 11.1 Å². The number of hydrogen-bond donors (Lipinski definition) is 1. The molecule has 1 aromatic carbocycles. The highest BCUT2D eigenvalue weighted by Gasteiger charge is 2.14. The van der Waals surface area contributed by atoms with Crippen molar-refractivity contribution in [2.24, 2.45) is 12.8 Å². The summed E-state index contributed by atoms with van der Waals surface area (Å²) in [7, 11) is 1.93. The third-order valence-corrected chi connectivity index (χ3v) is 2.85. The van der Waals surface area contributed by atoms with E-state index in [4.69, 9.17) is 5.73 Å². The maximum Gasteiger partial charge on any atom is 0.0623 e. The molecule has 3 heteroatoms. The Morgan fingerprint density at radius 2 is 1.94 bits per heavy atom. The zero-order valence-corrected chi connectivity index (χ0v) is 9.94. The third-order valence-electron chi connectivity index (χ3n) is 2.85. The van der Waals surface area contributed by atoms with Crippen molar-refractivity contribution in [2.45, 2.75) is 19.9 Å². The summed E-state index contributed by atoms with van der Waals surface area (Å²) in [6.45, 7) is 4.09. The molecule has 2 aromatic rings. The Balaban J connectivity index is 2.61. The van der Waals surface area contributed by atoms with E-state index in [0.29, 0.717) is 0 Å². The van der Waals surface area contributed by atoms with Crippen molar-refractivity contribution in [1.82, 2.24) is 9.78 Å². The molecule has 0 saturated carbocycles. The van der Waals surface area contributed by atoms with Crippen molar-refractivity contribution in [3.05, 3.63) is 41.7 Å². The maximum absolute atomic E-state index is 5.99. The van der Waals surface area contributed by atoms with Crippen molar-refractivity contribution >= 4 is 0 Å². The minimum atomic E-state index is -0.0119. The van der Waals surface area contributed by atoms with Crippen molar-refractivity contribution in [2.75, 3.05) is 0 Å². The van der Waals surface area contributed by atoms with Crippen LogP contribution in [-0.2, 0) is 7.05 Å². The van der Waals surface area contributed by atoms with Gasteiger partial charge in [0, 0.05) is 18.7 Å². The molecule has 2 rings (SSSR count). The van der Waals surface area contributed by atoms with Gasteiger partial charge in [0.15, 0.2) is 0 Å². The van der Waals surface area contributed by atoms with Gasteiger partial charge in [-0.3, -0.25) is 4.68 Å². The van der Waals surface area contributed by atoms with Gasteiger partial charge in [0.05, 0.1) is 11.9 Å². The number of nitrogens with zero attached hydrogens (tertiary/aromatic N) is 2. The average molecular weight is 215 g/mol. The summed E-state index contributed by atoms with van der Waals surface area (Å²) in [6.07, 6.45) is 1.89. The van der Waals surface area contributed by atoms with E-state index in [1.165, 1.54) is 11.1 Å². The topological polar surface area (TPSA) is 43.8 Å². The van der Waals surface area contributed by atoms with Gasteiger partial charge in [0.25, 0.3) is 0 Å². The molecule has 1 unspecified atom stereocenters. The lowest BCUT2D eigenvalue weighted by Gasteiger charge is -2.11. The Morgan fingerprint density at radius 3 is 2.56 bits per heavy atom. The highest BCUT2D eigenvalue weighted by Crippen LogP contribution is 2.28. The maximum atomic E-state index is 5.99. The van der Waals surface area contributed by atoms with E-state index in [9.17, 15) is 0 Å². The van der Waals surface area contributed by atoms with Crippen molar-refractivity contribution in [3.63, 3.8) is 0 Å². The van der Waals surface area contributed by atoms with Gasteiger partial charge in [0.2, 0.25) is 0 Å². The van der Waals surface area contributed by atoms with E-state index in [2.05, 4.69) is 24.2 Å². The largest absolute Gasteiger partial charge is 0.323 e. The summed E-state index contributed by atoms with van der Waals surface area (Å²) >= 11 is 0. The fourth-order valence-electron chi connectivity index (χ4n) is 2.07. The Morgan fingerprint density at radius 1 is 1.25 bits per heavy atom. The standard InChI is InChI=1S/C13H17N3/c1-9-6-4-5-7-11(9)12-8-15-16(3)13(12)10(2)14/h4-8,10H,14H2,1-3H3. The van der Waals surface area contributed by atoms with Crippen molar-refractivity contribution < 1.29 is 0 Å². The minimum Gasteiger partial charge on any atom is -0.323 e. The molecule has 0 fully saturated rings. The highest BCUT2D eigenvalue weighted by molar-refractivity contribution is 5.69. The molecule has 3 nitrogen and oxygen atoms in total. The van der Waals surface area contributed by atoms with Gasteiger partial charge in [-0.25, -0.2) is 0 Å². The first kappa shape index (κ1) is 10.9. The van der Waals surface area contributed by atoms with Crippen LogP contribution in [0, 0.1) is 6.92 Å². The molecule has 0 aliphatic carbocycles. The number of nitrogens with two attached hydrogens (primary N) is 1. The second-order valence-electron chi connectivity index (χ2n) is 4.17. The zero-order chi connectivity index (χ0) is 11.7. The second-order valence-corrected chi connectivity index (χ2v) is 4.17. The molecule has 0 amide bonds. The van der Waals surface area contributed by atoms with E-state index in [1.54, 1.807) is 0 Å². The summed E-state index contributed by atoms with van der Waals surface area (Å²) in [5, 5.41) is 4.29. The fourth-order valence-corrected chi connectivity index (χ4v) is 2.07. The van der Waals surface area contributed by atoms with Crippen LogP contribution in [0.3, 0.4) is 0 Å². The molecule has 16 heavy (non-hydrogen) atoms. The number of hydrogen-bond acceptors (Lipinski definition) is 2. The Bertz CT molecular complexity index is 498. The molecule has 0 bridgehead atoms. The van der Waals surface area contributed by atoms with Gasteiger partial charge in [-0.1, -0.05) is 24.3 Å². The average Bonchev–Trinajstić information content (AvgIpc) is 2.61. The molecular formula is C13H17N3. The van der Waals surface area contributed by atoms with Gasteiger partial charge in [0.1, 0.15) is 0 Å². The van der Waals surface area contributed by atoms with E-state index in [-0.39, 0.29) is 6.04 Å². The van der Waals surface area contributed by atoms with Crippen LogP contribution >= 0.6 is 0 Å². The van der Waals surface area contributed by atoms with Gasteiger partial charge in [-0.05, 0) is 25.0 Å². The molecule has 0 aliphatic rings. The molecule has 1 atom stereocenters. The molecule has 0 radical (unpaired) electrons. The van der Waals surface area contributed by atoms with Gasteiger partial charge >= 0.3 is 0 Å². The number of aryl methyl sites for hydroxylation is 2. The summed E-state index contributed by atoms with van der Waals surface area (Å²) in [4.78, 5) is 0. The van der Waals surface area contributed by atoms with Crippen LogP contribution in [-0.4, -0.2) is 9.78 Å². The van der Waals surface area contributed by atoms with Crippen molar-refractivity contribution in [1.29, 1.82) is 0 Å². The number of rotatable bonds is 2. The molecule has 1 aromatic heterocycles. The van der Waals surface area contributed by atoms with Gasteiger partial charge in [-0.15, -0.1) is 0 Å². The van der Waals surface area contributed by atoms with Crippen LogP contribution in [0.4, 0.5) is 0 Å². The quantitative estimate of drug-likeness (QED) is 0.836. The molecule has 0 saturated heterocycles. The number of aromatic nitrogens is 2. The molecule has 1 heterocycles. The van der Waals surface area contributed by atoms with Gasteiger partial charge < -0.3 is 5.73 Å². The smallest absolute Gasteiger partial charge is 0.0623 e. The van der Waals surface area contributed by atoms with Gasteiger partial charge in [-0.2, -0.15) is 5.10 Å². The molecule has 2 N–H and O–H groups in total. The zero-order valence-electron chi connectivity index (χ0n) is 9.94. The van der Waals surface area contributed by atoms with E-state index in [0.717, 1.165) is 11.3 Å². The van der Waals surface area contributed by atoms with E-state index in [1.807, 2.05) is 37.0 Å². The molecule has 0 spiro atoms. The normalized spacial score (nSPS) is 12.8. The Hall–Kier alpha value is -1.61. The minimum absolute atomic E-state index is 0.0119. The fraction of sp³-hybridized carbons (Fsp3) is 0.308. The van der Waals surface area contributed by atoms with E-state index >= 15 is 0 Å². The lowest BCUT2D eigenvalue weighted by molar-refractivity contribution is 0.655. The van der Waals surface area contributed by atoms with Crippen LogP contribution in [0.5, 0.6) is 0 Å². The molecule has 84 valence electrons. The predicted octanol–water partition coefficient (Wildman–Crippen LogP) is 2.42. The van der Waals surface area contributed by atoms with E-state index < -0.39 is 0 Å². The lowest BCUT2D eigenvalue weighted by atomic mass is 9.99. The lowest BCUT2D eigenvalue weighted by Crippen LogP contribution is -2.11. The van der Waals surface area contributed by atoms with Crippen LogP contribution in [0.15, 0.2) is 30.5 Å². The monoisotopic (exact) mass is 215 g/mol. The van der Waals surface area contributed by atoms with Crippen LogP contribution < -0.4 is 5.73 Å². The number of benzene rings is 1. The Labute approximate surface area is 95.9 Å². The van der Waals surface area contributed by atoms with Crippen LogP contribution in [0.2, 0.25) is 0 Å². The third kappa shape index (κ3) is 1.74. The first-order valence-electron chi connectivity index (χ1n) is 5.44. The summed E-state index contributed by atoms with van der Waals surface area (Å²) < 4.78 is 1.85. The van der Waals surface area contributed by atoms with Crippen LogP contribution in [0.1, 0.15) is 24.2 Å². The first-order chi connectivity index (χ1) is 7.61. The highest BCUT2D eigenvalue weighted by atomic mass is 15.3. The predicted molar refractivity (Wildman–Crippen MR) is 66.0 cm³/mol. The summed E-state index contributed by atoms with van der Waals surface area (Å²) in [5.74, 6) is 0. The molecule has 0 aliphatic heterocycles. The summed E-state index contributed by atoms with van der Waals surface area (Å²) in [6, 6.07) is 8.29. The summed E-state index contributed by atoms with van der Waals surface area (Å²) in [5.41, 5.74) is 10.7. The second kappa shape index (κ2) is 4.10.